The van der Waals surface area contributed by atoms with Crippen LogP contribution < -0.4 is 15.1 Å². The van der Waals surface area contributed by atoms with Crippen molar-refractivity contribution >= 4 is 38.9 Å². The van der Waals surface area contributed by atoms with E-state index in [0.29, 0.717) is 11.3 Å². The predicted molar refractivity (Wildman–Crippen MR) is 166 cm³/mol. The number of rotatable bonds is 4. The van der Waals surface area contributed by atoms with Crippen LogP contribution in [0.5, 0.6) is 0 Å². The monoisotopic (exact) mass is 725 g/mol. The molecule has 0 aromatic heterocycles. The molecule has 0 spiro atoms. The second kappa shape index (κ2) is 15.8. The first-order valence-corrected chi connectivity index (χ1v) is 15.0. The Morgan fingerprint density at radius 2 is 1.38 bits per heavy atom. The molecule has 40 heavy (non-hydrogen) atoms. The van der Waals surface area contributed by atoms with Gasteiger partial charge in [-0.25, -0.2) is 4.39 Å². The molecule has 0 radical (unpaired) electrons. The summed E-state index contributed by atoms with van der Waals surface area (Å²) in [4.78, 5) is 18.0. The molecule has 2 aliphatic rings. The number of nitrogens with zero attached hydrogens (tertiary/aromatic N) is 2. The first kappa shape index (κ1) is 33.2. The van der Waals surface area contributed by atoms with Gasteiger partial charge in [0.2, 0.25) is 0 Å². The Hall–Kier alpha value is -1.29. The molecule has 216 valence electrons. The Morgan fingerprint density at radius 3 is 1.93 bits per heavy atom. The third kappa shape index (κ3) is 9.36. The molecule has 4 nitrogen and oxygen atoms in total. The van der Waals surface area contributed by atoms with Gasteiger partial charge in [-0.05, 0) is 117 Å². The van der Waals surface area contributed by atoms with Crippen LogP contribution in [0.4, 0.5) is 21.5 Å². The Labute approximate surface area is 288 Å². The number of alkyl halides is 1. The summed E-state index contributed by atoms with van der Waals surface area (Å²) in [6, 6.07) is 20.1. The molecule has 1 aliphatic carbocycles. The van der Waals surface area contributed by atoms with E-state index in [1.165, 1.54) is 48.2 Å². The number of carbonyl (C=O) groups is 1. The number of amides is 1. The van der Waals surface area contributed by atoms with Crippen molar-refractivity contribution in [3.8, 4) is 0 Å². The van der Waals surface area contributed by atoms with Crippen LogP contribution in [-0.2, 0) is 0 Å². The molecule has 1 saturated heterocycles. The SMILES string of the molecule is CC1CCC(Br)CC1C.Cc1ccc(N2CCN(c3ccc(C(=O)Nc4ccc(F)cc4)cc3)CC2)cc1C.[Xe]. The first-order valence-electron chi connectivity index (χ1n) is 14.1. The van der Waals surface area contributed by atoms with Gasteiger partial charge in [0, 0.05) is 103 Å². The van der Waals surface area contributed by atoms with Gasteiger partial charge >= 0.3 is 0 Å². The van der Waals surface area contributed by atoms with Crippen molar-refractivity contribution in [2.45, 2.75) is 51.8 Å². The number of aryl methyl sites for hydroxylation is 2. The maximum absolute atomic E-state index is 13.0. The molecule has 1 N–H and O–H groups in total. The Morgan fingerprint density at radius 1 is 0.800 bits per heavy atom. The van der Waals surface area contributed by atoms with Gasteiger partial charge in [0.25, 0.3) is 5.91 Å². The molecule has 5 rings (SSSR count). The van der Waals surface area contributed by atoms with E-state index >= 15 is 0 Å². The number of nitrogens with one attached hydrogen (secondary N) is 1. The van der Waals surface area contributed by atoms with Gasteiger partial charge in [0.05, 0.1) is 0 Å². The molecular formula is C33H41BrFN3OXe. The van der Waals surface area contributed by atoms with E-state index in [1.807, 2.05) is 24.3 Å². The Balaban J connectivity index is 0.000000377. The second-order valence-electron chi connectivity index (χ2n) is 11.1. The molecule has 1 amide bonds. The van der Waals surface area contributed by atoms with Crippen LogP contribution in [0, 0.1) is 80.4 Å². The van der Waals surface area contributed by atoms with Crippen molar-refractivity contribution in [2.75, 3.05) is 41.3 Å². The molecule has 7 heteroatoms. The molecular weight excluding hydrogens is 685 g/mol. The van der Waals surface area contributed by atoms with Crippen LogP contribution in [0.1, 0.15) is 54.6 Å². The summed E-state index contributed by atoms with van der Waals surface area (Å²) < 4.78 is 13.0. The molecule has 0 bridgehead atoms. The normalized spacial score (nSPS) is 20.6. The van der Waals surface area contributed by atoms with E-state index in [9.17, 15) is 9.18 Å². The minimum absolute atomic E-state index is 0. The predicted octanol–water partition coefficient (Wildman–Crippen LogP) is 8.23. The van der Waals surface area contributed by atoms with Crippen molar-refractivity contribution in [3.05, 3.63) is 89.2 Å². The third-order valence-corrected chi connectivity index (χ3v) is 9.10. The van der Waals surface area contributed by atoms with Crippen molar-refractivity contribution in [2.24, 2.45) is 11.8 Å². The zero-order chi connectivity index (χ0) is 27.9. The molecule has 3 aromatic rings. The van der Waals surface area contributed by atoms with Crippen molar-refractivity contribution in [3.63, 3.8) is 0 Å². The summed E-state index contributed by atoms with van der Waals surface area (Å²) in [5, 5.41) is 2.79. The summed E-state index contributed by atoms with van der Waals surface area (Å²) in [6.07, 6.45) is 4.17. The standard InChI is InChI=1S/C25H26FN3O.C8H15Br.Xe/c1-18-3-10-24(17-19(18)2)29-15-13-28(14-16-29)23-11-4-20(5-12-23)25(30)27-22-8-6-21(26)7-9-22;1-6-3-4-8(9)5-7(6)2;/h3-12,17H,13-16H2,1-2H3,(H,27,30);6-8H,3-5H2,1-2H3;. The largest absolute Gasteiger partial charge is 0.368 e. The zero-order valence-electron chi connectivity index (χ0n) is 23.9. The smallest absolute Gasteiger partial charge is 0.255 e. The van der Waals surface area contributed by atoms with Crippen LogP contribution in [0.3, 0.4) is 0 Å². The first-order chi connectivity index (χ1) is 18.7. The van der Waals surface area contributed by atoms with Crippen LogP contribution in [0.2, 0.25) is 0 Å². The van der Waals surface area contributed by atoms with Gasteiger partial charge in [-0.1, -0.05) is 35.8 Å². The number of halogens is 2. The van der Waals surface area contributed by atoms with E-state index in [1.54, 1.807) is 12.1 Å². The average molecular weight is 726 g/mol. The van der Waals surface area contributed by atoms with Crippen molar-refractivity contribution < 1.29 is 58.1 Å². The summed E-state index contributed by atoms with van der Waals surface area (Å²) in [7, 11) is 0. The van der Waals surface area contributed by atoms with Gasteiger partial charge in [-0.2, -0.15) is 0 Å². The van der Waals surface area contributed by atoms with E-state index < -0.39 is 0 Å². The third-order valence-electron chi connectivity index (χ3n) is 8.27. The number of anilines is 3. The van der Waals surface area contributed by atoms with Crippen molar-refractivity contribution in [1.29, 1.82) is 0 Å². The van der Waals surface area contributed by atoms with Crippen LogP contribution in [0.15, 0.2) is 66.7 Å². The van der Waals surface area contributed by atoms with Crippen LogP contribution in [0.25, 0.3) is 0 Å². The minimum Gasteiger partial charge on any atom is -0.368 e. The van der Waals surface area contributed by atoms with Gasteiger partial charge in [-0.3, -0.25) is 4.79 Å². The molecule has 1 heterocycles. The van der Waals surface area contributed by atoms with Crippen LogP contribution >= 0.6 is 15.9 Å². The number of hydrogen-bond donors (Lipinski definition) is 1. The summed E-state index contributed by atoms with van der Waals surface area (Å²) in [5.74, 6) is 1.37. The average Bonchev–Trinajstić information content (AvgIpc) is 2.94. The molecule has 3 unspecified atom stereocenters. The van der Waals surface area contributed by atoms with E-state index in [-0.39, 0.29) is 60.6 Å². The molecule has 3 aromatic carbocycles. The quantitative estimate of drug-likeness (QED) is 0.276. The topological polar surface area (TPSA) is 35.6 Å². The fraction of sp³-hybridized carbons (Fsp3) is 0.424. The van der Waals surface area contributed by atoms with Crippen LogP contribution in [-0.4, -0.2) is 36.9 Å². The maximum atomic E-state index is 13.0. The number of piperazine rings is 1. The van der Waals surface area contributed by atoms with E-state index in [4.69, 9.17) is 0 Å². The summed E-state index contributed by atoms with van der Waals surface area (Å²) in [5.41, 5.74) is 6.20. The fourth-order valence-electron chi connectivity index (χ4n) is 5.19. The Bertz CT molecular complexity index is 1230. The van der Waals surface area contributed by atoms with E-state index in [0.717, 1.165) is 48.5 Å². The molecule has 1 saturated carbocycles. The zero-order valence-corrected chi connectivity index (χ0v) is 27.5. The molecule has 2 fully saturated rings. The van der Waals surface area contributed by atoms with E-state index in [2.05, 4.69) is 76.9 Å². The van der Waals surface area contributed by atoms with Gasteiger partial charge < -0.3 is 15.1 Å². The molecule has 3 atom stereocenters. The van der Waals surface area contributed by atoms with Gasteiger partial charge in [0.1, 0.15) is 5.82 Å². The number of carbonyl (C=O) groups excluding carboxylic acids is 1. The summed E-state index contributed by atoms with van der Waals surface area (Å²) in [6.45, 7) is 12.8. The maximum Gasteiger partial charge on any atom is 0.255 e. The Kier molecular flexibility index (Phi) is 13.1. The second-order valence-corrected chi connectivity index (χ2v) is 12.4. The van der Waals surface area contributed by atoms with Crippen molar-refractivity contribution in [1.82, 2.24) is 0 Å². The number of benzene rings is 3. The number of hydrogen-bond acceptors (Lipinski definition) is 3. The van der Waals surface area contributed by atoms with Gasteiger partial charge in [-0.15, -0.1) is 0 Å². The minimum atomic E-state index is -0.324. The fourth-order valence-corrected chi connectivity index (χ4v) is 6.04. The molecule has 1 aliphatic heterocycles. The van der Waals surface area contributed by atoms with Gasteiger partial charge in [0.15, 0.2) is 0 Å². The summed E-state index contributed by atoms with van der Waals surface area (Å²) >= 11 is 3.66.